The average Bonchev–Trinajstić information content (AvgIpc) is 2.19. The van der Waals surface area contributed by atoms with Crippen LogP contribution in [0.1, 0.15) is 18.6 Å². The lowest BCUT2D eigenvalue weighted by Crippen LogP contribution is -2.20. The molecule has 14 heavy (non-hydrogen) atoms. The second kappa shape index (κ2) is 4.59. The fourth-order valence-corrected chi connectivity index (χ4v) is 1.30. The summed E-state index contributed by atoms with van der Waals surface area (Å²) in [5.41, 5.74) is 11.6. The molecule has 78 valence electrons. The maximum atomic E-state index is 9.84. The van der Waals surface area contributed by atoms with E-state index in [4.69, 9.17) is 23.1 Å². The zero-order chi connectivity index (χ0) is 10.7. The number of halogens is 1. The van der Waals surface area contributed by atoms with E-state index >= 15 is 0 Å². The number of anilines is 1. The van der Waals surface area contributed by atoms with Gasteiger partial charge in [0.2, 0.25) is 0 Å². The van der Waals surface area contributed by atoms with Crippen LogP contribution < -0.4 is 11.5 Å². The third-order valence-corrected chi connectivity index (χ3v) is 2.35. The number of hydrogen-bond donors (Lipinski definition) is 3. The first-order chi connectivity index (χ1) is 6.56. The number of pyridine rings is 1. The summed E-state index contributed by atoms with van der Waals surface area (Å²) in [6.45, 7) is 2.22. The summed E-state index contributed by atoms with van der Waals surface area (Å²) in [6.07, 6.45) is 0.728. The van der Waals surface area contributed by atoms with Crippen LogP contribution >= 0.6 is 11.6 Å². The molecule has 5 N–H and O–H groups in total. The van der Waals surface area contributed by atoms with Crippen LogP contribution in [0.15, 0.2) is 12.3 Å². The van der Waals surface area contributed by atoms with Crippen molar-refractivity contribution in [2.45, 2.75) is 13.0 Å². The van der Waals surface area contributed by atoms with Crippen molar-refractivity contribution >= 4 is 17.4 Å². The molecule has 1 heterocycles. The van der Waals surface area contributed by atoms with Gasteiger partial charge in [0.25, 0.3) is 0 Å². The SMILES string of the molecule is CC(CN)C(O)c1cc(Cl)cnc1N. The molecule has 0 amide bonds. The summed E-state index contributed by atoms with van der Waals surface area (Å²) in [5.74, 6) is 0.222. The maximum absolute atomic E-state index is 9.84. The van der Waals surface area contributed by atoms with Crippen molar-refractivity contribution in [3.05, 3.63) is 22.8 Å². The topological polar surface area (TPSA) is 85.2 Å². The monoisotopic (exact) mass is 215 g/mol. The fourth-order valence-electron chi connectivity index (χ4n) is 1.14. The molecule has 1 aromatic rings. The van der Waals surface area contributed by atoms with Crippen molar-refractivity contribution in [3.8, 4) is 0 Å². The van der Waals surface area contributed by atoms with Gasteiger partial charge < -0.3 is 16.6 Å². The molecule has 0 spiro atoms. The highest BCUT2D eigenvalue weighted by molar-refractivity contribution is 6.30. The first-order valence-corrected chi connectivity index (χ1v) is 4.73. The summed E-state index contributed by atoms with van der Waals surface area (Å²) in [4.78, 5) is 3.86. The number of rotatable bonds is 3. The highest BCUT2D eigenvalue weighted by atomic mass is 35.5. The molecule has 0 aliphatic rings. The predicted octanol–water partition coefficient (Wildman–Crippen LogP) is 0.945. The molecule has 2 unspecified atom stereocenters. The molecule has 0 aromatic carbocycles. The Morgan fingerprint density at radius 1 is 1.64 bits per heavy atom. The number of aliphatic hydroxyl groups is 1. The standard InChI is InChI=1S/C9H14ClN3O/c1-5(3-11)8(14)7-2-6(10)4-13-9(7)12/h2,4-5,8,14H,3,11H2,1H3,(H2,12,13). The van der Waals surface area contributed by atoms with Crippen molar-refractivity contribution in [3.63, 3.8) is 0 Å². The van der Waals surface area contributed by atoms with Crippen molar-refractivity contribution in [2.24, 2.45) is 11.7 Å². The third-order valence-electron chi connectivity index (χ3n) is 2.15. The van der Waals surface area contributed by atoms with E-state index in [2.05, 4.69) is 4.98 Å². The van der Waals surface area contributed by atoms with E-state index in [0.29, 0.717) is 22.9 Å². The number of aromatic nitrogens is 1. The van der Waals surface area contributed by atoms with Crippen LogP contribution in [0, 0.1) is 5.92 Å². The van der Waals surface area contributed by atoms with E-state index < -0.39 is 6.10 Å². The number of nitrogens with two attached hydrogens (primary N) is 2. The Kier molecular flexibility index (Phi) is 3.69. The Hall–Kier alpha value is -0.840. The van der Waals surface area contributed by atoms with Crippen molar-refractivity contribution in [2.75, 3.05) is 12.3 Å². The minimum Gasteiger partial charge on any atom is -0.388 e. The van der Waals surface area contributed by atoms with Crippen molar-refractivity contribution in [1.29, 1.82) is 0 Å². The molecule has 0 saturated heterocycles. The number of aliphatic hydroxyl groups excluding tert-OH is 1. The molecular formula is C9H14ClN3O. The van der Waals surface area contributed by atoms with Crippen molar-refractivity contribution < 1.29 is 5.11 Å². The molecule has 1 aromatic heterocycles. The largest absolute Gasteiger partial charge is 0.388 e. The molecule has 2 atom stereocenters. The zero-order valence-corrected chi connectivity index (χ0v) is 8.70. The van der Waals surface area contributed by atoms with Gasteiger partial charge in [-0.2, -0.15) is 0 Å². The lowest BCUT2D eigenvalue weighted by atomic mass is 9.98. The zero-order valence-electron chi connectivity index (χ0n) is 7.94. The number of hydrogen-bond acceptors (Lipinski definition) is 4. The van der Waals surface area contributed by atoms with E-state index in [1.807, 2.05) is 6.92 Å². The van der Waals surface area contributed by atoms with Crippen LogP contribution in [0.4, 0.5) is 5.82 Å². The Labute approximate surface area is 87.9 Å². The van der Waals surface area contributed by atoms with Gasteiger partial charge in [-0.15, -0.1) is 0 Å². The van der Waals surface area contributed by atoms with Crippen LogP contribution in [0.25, 0.3) is 0 Å². The summed E-state index contributed by atoms with van der Waals surface area (Å²) >= 11 is 5.75. The van der Waals surface area contributed by atoms with Gasteiger partial charge in [-0.25, -0.2) is 4.98 Å². The van der Waals surface area contributed by atoms with Crippen LogP contribution in [0.2, 0.25) is 5.02 Å². The Balaban J connectivity index is 2.99. The van der Waals surface area contributed by atoms with Gasteiger partial charge in [-0.05, 0) is 18.5 Å². The predicted molar refractivity (Wildman–Crippen MR) is 56.8 cm³/mol. The van der Waals surface area contributed by atoms with Crippen molar-refractivity contribution in [1.82, 2.24) is 4.98 Å². The molecule has 0 radical (unpaired) electrons. The van der Waals surface area contributed by atoms with Crippen LogP contribution in [0.5, 0.6) is 0 Å². The lowest BCUT2D eigenvalue weighted by Gasteiger charge is -2.18. The molecular weight excluding hydrogens is 202 g/mol. The second-order valence-electron chi connectivity index (χ2n) is 3.29. The quantitative estimate of drug-likeness (QED) is 0.701. The molecule has 5 heteroatoms. The highest BCUT2D eigenvalue weighted by Gasteiger charge is 2.18. The first-order valence-electron chi connectivity index (χ1n) is 4.35. The van der Waals surface area contributed by atoms with Gasteiger partial charge in [0.05, 0.1) is 11.1 Å². The molecule has 1 rings (SSSR count). The summed E-state index contributed by atoms with van der Waals surface area (Å²) in [6, 6.07) is 1.61. The number of nitrogen functional groups attached to an aromatic ring is 1. The molecule has 0 aliphatic heterocycles. The third kappa shape index (κ3) is 2.35. The molecule has 0 saturated carbocycles. The average molecular weight is 216 g/mol. The van der Waals surface area contributed by atoms with E-state index in [-0.39, 0.29) is 5.92 Å². The molecule has 4 nitrogen and oxygen atoms in total. The molecule has 0 aliphatic carbocycles. The van der Waals surface area contributed by atoms with Gasteiger partial charge in [0.1, 0.15) is 5.82 Å². The minimum atomic E-state index is -0.716. The van der Waals surface area contributed by atoms with Gasteiger partial charge in [-0.1, -0.05) is 18.5 Å². The Morgan fingerprint density at radius 2 is 2.29 bits per heavy atom. The van der Waals surface area contributed by atoms with Gasteiger partial charge >= 0.3 is 0 Å². The number of nitrogens with zero attached hydrogens (tertiary/aromatic N) is 1. The summed E-state index contributed by atoms with van der Waals surface area (Å²) in [7, 11) is 0. The lowest BCUT2D eigenvalue weighted by molar-refractivity contribution is 0.122. The Morgan fingerprint density at radius 3 is 2.86 bits per heavy atom. The summed E-state index contributed by atoms with van der Waals surface area (Å²) in [5, 5.41) is 10.3. The molecule has 0 fully saturated rings. The molecule has 0 bridgehead atoms. The van der Waals surface area contributed by atoms with E-state index in [9.17, 15) is 5.11 Å². The summed E-state index contributed by atoms with van der Waals surface area (Å²) < 4.78 is 0. The van der Waals surface area contributed by atoms with Gasteiger partial charge in [-0.3, -0.25) is 0 Å². The van der Waals surface area contributed by atoms with Crippen LogP contribution in [-0.2, 0) is 0 Å². The minimum absolute atomic E-state index is 0.0717. The van der Waals surface area contributed by atoms with E-state index in [1.165, 1.54) is 6.20 Å². The highest BCUT2D eigenvalue weighted by Crippen LogP contribution is 2.26. The Bertz CT molecular complexity index is 319. The second-order valence-corrected chi connectivity index (χ2v) is 3.72. The first kappa shape index (κ1) is 11.2. The van der Waals surface area contributed by atoms with E-state index in [0.717, 1.165) is 0 Å². The fraction of sp³-hybridized carbons (Fsp3) is 0.444. The van der Waals surface area contributed by atoms with Gasteiger partial charge in [0, 0.05) is 11.8 Å². The van der Waals surface area contributed by atoms with Crippen LogP contribution in [-0.4, -0.2) is 16.6 Å². The van der Waals surface area contributed by atoms with Gasteiger partial charge in [0.15, 0.2) is 0 Å². The normalized spacial score (nSPS) is 15.1. The van der Waals surface area contributed by atoms with Crippen LogP contribution in [0.3, 0.4) is 0 Å². The maximum Gasteiger partial charge on any atom is 0.129 e. The van der Waals surface area contributed by atoms with E-state index in [1.54, 1.807) is 6.07 Å². The smallest absolute Gasteiger partial charge is 0.129 e.